The van der Waals surface area contributed by atoms with Crippen LogP contribution in [0.25, 0.3) is 0 Å². The van der Waals surface area contributed by atoms with Crippen molar-refractivity contribution in [1.29, 1.82) is 0 Å². The van der Waals surface area contributed by atoms with Crippen molar-refractivity contribution in [2.45, 2.75) is 25.4 Å². The van der Waals surface area contributed by atoms with Crippen LogP contribution < -0.4 is 11.1 Å². The molecule has 0 amide bonds. The number of aromatic nitrogens is 1. The summed E-state index contributed by atoms with van der Waals surface area (Å²) in [6, 6.07) is 2.62. The third-order valence-corrected chi connectivity index (χ3v) is 2.84. The Morgan fingerprint density at radius 3 is 3.11 bits per heavy atom. The lowest BCUT2D eigenvalue weighted by Gasteiger charge is -2.10. The maximum absolute atomic E-state index is 10.7. The van der Waals surface area contributed by atoms with Crippen molar-refractivity contribution < 1.29 is 9.66 Å². The zero-order valence-electron chi connectivity index (χ0n) is 9.96. The van der Waals surface area contributed by atoms with Crippen LogP contribution in [0.1, 0.15) is 19.3 Å². The molecule has 1 aromatic heterocycles. The fourth-order valence-electron chi connectivity index (χ4n) is 1.97. The van der Waals surface area contributed by atoms with E-state index in [4.69, 9.17) is 10.5 Å². The van der Waals surface area contributed by atoms with Crippen LogP contribution in [0.3, 0.4) is 0 Å². The molecule has 1 atom stereocenters. The molecule has 2 heterocycles. The number of nitrogens with zero attached hydrogens (tertiary/aromatic N) is 2. The van der Waals surface area contributed by atoms with Crippen LogP contribution in [0.5, 0.6) is 0 Å². The monoisotopic (exact) mass is 252 g/mol. The summed E-state index contributed by atoms with van der Waals surface area (Å²) in [6.45, 7) is 1.49. The third-order valence-electron chi connectivity index (χ3n) is 2.84. The van der Waals surface area contributed by atoms with E-state index in [0.717, 1.165) is 25.9 Å². The van der Waals surface area contributed by atoms with Gasteiger partial charge in [-0.15, -0.1) is 0 Å². The lowest BCUT2D eigenvalue weighted by molar-refractivity contribution is -0.384. The molecule has 1 aliphatic heterocycles. The fourth-order valence-corrected chi connectivity index (χ4v) is 1.97. The molecule has 0 aliphatic carbocycles. The average molecular weight is 252 g/mol. The zero-order valence-corrected chi connectivity index (χ0v) is 9.96. The fraction of sp³-hybridized carbons (Fsp3) is 0.545. The van der Waals surface area contributed by atoms with Gasteiger partial charge in [0.05, 0.1) is 23.2 Å². The van der Waals surface area contributed by atoms with E-state index in [1.807, 2.05) is 0 Å². The van der Waals surface area contributed by atoms with E-state index in [1.54, 1.807) is 0 Å². The lowest BCUT2D eigenvalue weighted by atomic mass is 10.2. The van der Waals surface area contributed by atoms with Crippen LogP contribution in [0.2, 0.25) is 0 Å². The van der Waals surface area contributed by atoms with Gasteiger partial charge in [0.1, 0.15) is 11.6 Å². The number of pyridine rings is 1. The standard InChI is InChI=1S/C11H16N4O3/c12-10-6-8(15(16)17)7-11(14-10)13-4-3-9-2-1-5-18-9/h6-7,9H,1-5H2,(H3,12,13,14). The van der Waals surface area contributed by atoms with Gasteiger partial charge in [0.15, 0.2) is 0 Å². The van der Waals surface area contributed by atoms with Crippen molar-refractivity contribution in [3.8, 4) is 0 Å². The quantitative estimate of drug-likeness (QED) is 0.608. The molecule has 18 heavy (non-hydrogen) atoms. The van der Waals surface area contributed by atoms with E-state index in [-0.39, 0.29) is 17.6 Å². The van der Waals surface area contributed by atoms with E-state index in [1.165, 1.54) is 12.1 Å². The summed E-state index contributed by atoms with van der Waals surface area (Å²) in [6.07, 6.45) is 3.33. The minimum atomic E-state index is -0.483. The Morgan fingerprint density at radius 2 is 2.44 bits per heavy atom. The summed E-state index contributed by atoms with van der Waals surface area (Å²) in [4.78, 5) is 14.2. The first kappa shape index (κ1) is 12.6. The summed E-state index contributed by atoms with van der Waals surface area (Å²) in [5, 5.41) is 13.7. The van der Waals surface area contributed by atoms with Crippen molar-refractivity contribution >= 4 is 17.3 Å². The molecule has 0 radical (unpaired) electrons. The van der Waals surface area contributed by atoms with E-state index in [9.17, 15) is 10.1 Å². The summed E-state index contributed by atoms with van der Waals surface area (Å²) >= 11 is 0. The number of nitrogens with one attached hydrogen (secondary N) is 1. The molecule has 3 N–H and O–H groups in total. The lowest BCUT2D eigenvalue weighted by Crippen LogP contribution is -2.13. The molecule has 0 aromatic carbocycles. The number of nitro groups is 1. The highest BCUT2D eigenvalue weighted by molar-refractivity contribution is 5.52. The molecule has 1 fully saturated rings. The second-order valence-electron chi connectivity index (χ2n) is 4.24. The van der Waals surface area contributed by atoms with Crippen LogP contribution in [0.4, 0.5) is 17.3 Å². The second-order valence-corrected chi connectivity index (χ2v) is 4.24. The van der Waals surface area contributed by atoms with Crippen molar-refractivity contribution in [3.63, 3.8) is 0 Å². The molecule has 7 nitrogen and oxygen atoms in total. The molecule has 98 valence electrons. The van der Waals surface area contributed by atoms with E-state index in [0.29, 0.717) is 12.4 Å². The molecule has 0 saturated carbocycles. The minimum absolute atomic E-state index is 0.0536. The second kappa shape index (κ2) is 5.63. The highest BCUT2D eigenvalue weighted by Gasteiger charge is 2.15. The molecule has 0 spiro atoms. The average Bonchev–Trinajstić information content (AvgIpc) is 2.81. The summed E-state index contributed by atoms with van der Waals surface area (Å²) in [5.74, 6) is 0.573. The molecule has 1 unspecified atom stereocenters. The number of hydrogen-bond donors (Lipinski definition) is 2. The van der Waals surface area contributed by atoms with E-state index in [2.05, 4.69) is 10.3 Å². The first-order chi connectivity index (χ1) is 8.65. The Labute approximate surface area is 104 Å². The predicted molar refractivity (Wildman–Crippen MR) is 67.4 cm³/mol. The zero-order chi connectivity index (χ0) is 13.0. The number of hydrogen-bond acceptors (Lipinski definition) is 6. The SMILES string of the molecule is Nc1cc([N+](=O)[O-])cc(NCCC2CCCO2)n1. The van der Waals surface area contributed by atoms with Gasteiger partial charge >= 0.3 is 0 Å². The van der Waals surface area contributed by atoms with Crippen molar-refractivity contribution in [1.82, 2.24) is 4.98 Å². The number of ether oxygens (including phenoxy) is 1. The molecule has 1 aromatic rings. The Balaban J connectivity index is 1.89. The molecule has 1 aliphatic rings. The highest BCUT2D eigenvalue weighted by atomic mass is 16.6. The third kappa shape index (κ3) is 3.30. The summed E-state index contributed by atoms with van der Waals surface area (Å²) in [7, 11) is 0. The van der Waals surface area contributed by atoms with Crippen LogP contribution in [0, 0.1) is 10.1 Å². The van der Waals surface area contributed by atoms with Crippen molar-refractivity contribution in [2.24, 2.45) is 0 Å². The van der Waals surface area contributed by atoms with Gasteiger partial charge in [-0.05, 0) is 19.3 Å². The minimum Gasteiger partial charge on any atom is -0.383 e. The van der Waals surface area contributed by atoms with Gasteiger partial charge in [-0.1, -0.05) is 0 Å². The number of nitrogens with two attached hydrogens (primary N) is 1. The molecule has 7 heteroatoms. The van der Waals surface area contributed by atoms with Crippen LogP contribution in [-0.2, 0) is 4.74 Å². The largest absolute Gasteiger partial charge is 0.383 e. The summed E-state index contributed by atoms with van der Waals surface area (Å²) in [5.41, 5.74) is 5.46. The molecule has 1 saturated heterocycles. The van der Waals surface area contributed by atoms with Crippen LogP contribution >= 0.6 is 0 Å². The van der Waals surface area contributed by atoms with Crippen molar-refractivity contribution in [3.05, 3.63) is 22.2 Å². The number of rotatable bonds is 5. The Hall–Kier alpha value is -1.89. The van der Waals surface area contributed by atoms with E-state index >= 15 is 0 Å². The van der Waals surface area contributed by atoms with Crippen molar-refractivity contribution in [2.75, 3.05) is 24.2 Å². The van der Waals surface area contributed by atoms with Crippen LogP contribution in [0.15, 0.2) is 12.1 Å². The number of nitrogen functional groups attached to an aromatic ring is 1. The topological polar surface area (TPSA) is 103 Å². The predicted octanol–water partition coefficient (Wildman–Crippen LogP) is 1.55. The Morgan fingerprint density at radius 1 is 1.61 bits per heavy atom. The van der Waals surface area contributed by atoms with Gasteiger partial charge in [0.25, 0.3) is 5.69 Å². The molecular weight excluding hydrogens is 236 g/mol. The van der Waals surface area contributed by atoms with Gasteiger partial charge < -0.3 is 15.8 Å². The Kier molecular flexibility index (Phi) is 3.93. The number of anilines is 2. The van der Waals surface area contributed by atoms with Gasteiger partial charge in [-0.3, -0.25) is 10.1 Å². The molecular formula is C11H16N4O3. The highest BCUT2D eigenvalue weighted by Crippen LogP contribution is 2.19. The normalized spacial score (nSPS) is 18.8. The summed E-state index contributed by atoms with van der Waals surface area (Å²) < 4.78 is 5.48. The first-order valence-electron chi connectivity index (χ1n) is 5.92. The molecule has 2 rings (SSSR count). The Bertz CT molecular complexity index is 432. The van der Waals surface area contributed by atoms with Crippen LogP contribution in [-0.4, -0.2) is 29.2 Å². The maximum atomic E-state index is 10.7. The smallest absolute Gasteiger partial charge is 0.276 e. The van der Waals surface area contributed by atoms with E-state index < -0.39 is 4.92 Å². The van der Waals surface area contributed by atoms with Gasteiger partial charge in [0, 0.05) is 13.2 Å². The van der Waals surface area contributed by atoms with Gasteiger partial charge in [0.2, 0.25) is 0 Å². The maximum Gasteiger partial charge on any atom is 0.276 e. The molecule has 0 bridgehead atoms. The van der Waals surface area contributed by atoms with Gasteiger partial charge in [-0.25, -0.2) is 4.98 Å². The first-order valence-corrected chi connectivity index (χ1v) is 5.92. The van der Waals surface area contributed by atoms with Gasteiger partial charge in [-0.2, -0.15) is 0 Å².